The number of carbonyl (C=O) groups excluding carboxylic acids is 2. The summed E-state index contributed by atoms with van der Waals surface area (Å²) in [4.78, 5) is 25.7. The molecule has 0 N–H and O–H groups in total. The van der Waals surface area contributed by atoms with E-state index in [-0.39, 0.29) is 5.91 Å². The molecular weight excluding hydrogens is 294 g/mol. The fraction of sp³-hybridized carbons (Fsp3) is 0.353. The highest BCUT2D eigenvalue weighted by molar-refractivity contribution is 5.97. The minimum absolute atomic E-state index is 0.231. The Bertz CT molecular complexity index is 676. The highest BCUT2D eigenvalue weighted by atomic mass is 16.5. The van der Waals surface area contributed by atoms with Crippen molar-refractivity contribution in [3.8, 4) is 0 Å². The third kappa shape index (κ3) is 3.59. The third-order valence-electron chi connectivity index (χ3n) is 3.93. The van der Waals surface area contributed by atoms with Gasteiger partial charge in [-0.1, -0.05) is 12.1 Å². The molecule has 0 spiro atoms. The molecule has 0 unspecified atom stereocenters. The molecule has 6 nitrogen and oxygen atoms in total. The van der Waals surface area contributed by atoms with Crippen LogP contribution in [0.25, 0.3) is 0 Å². The average Bonchev–Trinajstić information content (AvgIpc) is 3.06. The zero-order valence-corrected chi connectivity index (χ0v) is 13.8. The maximum atomic E-state index is 12.5. The van der Waals surface area contributed by atoms with E-state index in [9.17, 15) is 9.59 Å². The summed E-state index contributed by atoms with van der Waals surface area (Å²) in [5.74, 6) is -0.685. The first-order valence-electron chi connectivity index (χ1n) is 7.29. The molecule has 1 aromatic carbocycles. The van der Waals surface area contributed by atoms with Gasteiger partial charge in [-0.3, -0.25) is 9.48 Å². The predicted octanol–water partition coefficient (Wildman–Crippen LogP) is 1.96. The van der Waals surface area contributed by atoms with Gasteiger partial charge in [0.1, 0.15) is 5.54 Å². The Morgan fingerprint density at radius 3 is 2.43 bits per heavy atom. The lowest BCUT2D eigenvalue weighted by Gasteiger charge is -2.32. The monoisotopic (exact) mass is 315 g/mol. The molecule has 6 heteroatoms. The predicted molar refractivity (Wildman–Crippen MR) is 86.0 cm³/mol. The standard InChI is InChI=1S/C17H21N3O3/c1-17(2,16(22)23-4)19(3)15(21)14-8-6-13(7-9-14)12-20-11-5-10-18-20/h5-11H,12H2,1-4H3. The average molecular weight is 315 g/mol. The number of rotatable bonds is 5. The number of aromatic nitrogens is 2. The topological polar surface area (TPSA) is 64.4 Å². The van der Waals surface area contributed by atoms with Crippen molar-refractivity contribution in [1.82, 2.24) is 14.7 Å². The van der Waals surface area contributed by atoms with Crippen molar-refractivity contribution in [3.63, 3.8) is 0 Å². The molecule has 0 bridgehead atoms. The number of benzene rings is 1. The number of hydrogen-bond donors (Lipinski definition) is 0. The first kappa shape index (κ1) is 16.7. The quantitative estimate of drug-likeness (QED) is 0.791. The van der Waals surface area contributed by atoms with Crippen molar-refractivity contribution in [2.45, 2.75) is 25.9 Å². The molecule has 0 aliphatic carbocycles. The Morgan fingerprint density at radius 1 is 1.26 bits per heavy atom. The normalized spacial score (nSPS) is 11.1. The summed E-state index contributed by atoms with van der Waals surface area (Å²) in [5.41, 5.74) is 0.536. The molecule has 0 fully saturated rings. The molecule has 0 aliphatic heterocycles. The van der Waals surface area contributed by atoms with Gasteiger partial charge in [0.2, 0.25) is 0 Å². The Hall–Kier alpha value is -2.63. The van der Waals surface area contributed by atoms with Gasteiger partial charge in [0.25, 0.3) is 5.91 Å². The van der Waals surface area contributed by atoms with Crippen LogP contribution in [0.3, 0.4) is 0 Å². The molecule has 0 atom stereocenters. The molecular formula is C17H21N3O3. The van der Waals surface area contributed by atoms with Crippen LogP contribution in [0, 0.1) is 0 Å². The second kappa shape index (κ2) is 6.64. The van der Waals surface area contributed by atoms with E-state index < -0.39 is 11.5 Å². The van der Waals surface area contributed by atoms with Crippen LogP contribution in [0.15, 0.2) is 42.7 Å². The number of nitrogens with zero attached hydrogens (tertiary/aromatic N) is 3. The first-order valence-corrected chi connectivity index (χ1v) is 7.29. The Labute approximate surface area is 135 Å². The van der Waals surface area contributed by atoms with E-state index in [0.717, 1.165) is 5.56 Å². The van der Waals surface area contributed by atoms with E-state index >= 15 is 0 Å². The lowest BCUT2D eigenvalue weighted by Crippen LogP contribution is -2.51. The summed E-state index contributed by atoms with van der Waals surface area (Å²) in [6.45, 7) is 3.95. The number of carbonyl (C=O) groups is 2. The summed E-state index contributed by atoms with van der Waals surface area (Å²) in [5, 5.41) is 4.15. The van der Waals surface area contributed by atoms with Crippen LogP contribution in [0.4, 0.5) is 0 Å². The fourth-order valence-electron chi connectivity index (χ4n) is 2.17. The lowest BCUT2D eigenvalue weighted by atomic mass is 10.0. The largest absolute Gasteiger partial charge is 0.467 e. The van der Waals surface area contributed by atoms with E-state index in [0.29, 0.717) is 12.1 Å². The van der Waals surface area contributed by atoms with Crippen LogP contribution >= 0.6 is 0 Å². The van der Waals surface area contributed by atoms with E-state index in [2.05, 4.69) is 5.10 Å². The second-order valence-corrected chi connectivity index (χ2v) is 5.82. The van der Waals surface area contributed by atoms with Gasteiger partial charge in [-0.05, 0) is 37.6 Å². The maximum absolute atomic E-state index is 12.5. The number of esters is 1. The molecule has 1 aromatic heterocycles. The SMILES string of the molecule is COC(=O)C(C)(C)N(C)C(=O)c1ccc(Cn2cccn2)cc1. The molecule has 2 aromatic rings. The smallest absolute Gasteiger partial charge is 0.331 e. The Morgan fingerprint density at radius 2 is 1.91 bits per heavy atom. The van der Waals surface area contributed by atoms with Gasteiger partial charge < -0.3 is 9.64 Å². The summed E-state index contributed by atoms with van der Waals surface area (Å²) >= 11 is 0. The van der Waals surface area contributed by atoms with Gasteiger partial charge in [0, 0.05) is 25.0 Å². The van der Waals surface area contributed by atoms with Gasteiger partial charge in [-0.2, -0.15) is 5.10 Å². The second-order valence-electron chi connectivity index (χ2n) is 5.82. The first-order chi connectivity index (χ1) is 10.9. The number of likely N-dealkylation sites (N-methyl/N-ethyl adjacent to an activating group) is 1. The summed E-state index contributed by atoms with van der Waals surface area (Å²) in [7, 11) is 2.91. The number of ether oxygens (including phenoxy) is 1. The van der Waals surface area contributed by atoms with Crippen molar-refractivity contribution >= 4 is 11.9 Å². The van der Waals surface area contributed by atoms with Crippen LogP contribution in [0.2, 0.25) is 0 Å². The minimum Gasteiger partial charge on any atom is -0.467 e. The van der Waals surface area contributed by atoms with Crippen LogP contribution < -0.4 is 0 Å². The van der Waals surface area contributed by atoms with Crippen molar-refractivity contribution in [3.05, 3.63) is 53.9 Å². The van der Waals surface area contributed by atoms with Crippen LogP contribution in [-0.4, -0.2) is 46.3 Å². The summed E-state index contributed by atoms with van der Waals surface area (Å²) in [6, 6.07) is 9.14. The molecule has 2 rings (SSSR count). The Balaban J connectivity index is 2.12. The van der Waals surface area contributed by atoms with Gasteiger partial charge in [-0.25, -0.2) is 4.79 Å². The van der Waals surface area contributed by atoms with Crippen LogP contribution in [-0.2, 0) is 16.1 Å². The van der Waals surface area contributed by atoms with Crippen molar-refractivity contribution < 1.29 is 14.3 Å². The van der Waals surface area contributed by atoms with Crippen molar-refractivity contribution in [2.24, 2.45) is 0 Å². The molecule has 0 saturated carbocycles. The summed E-state index contributed by atoms with van der Waals surface area (Å²) < 4.78 is 6.57. The number of amides is 1. The highest BCUT2D eigenvalue weighted by Crippen LogP contribution is 2.18. The maximum Gasteiger partial charge on any atom is 0.331 e. The van der Waals surface area contributed by atoms with Gasteiger partial charge in [0.05, 0.1) is 13.7 Å². The van der Waals surface area contributed by atoms with Crippen molar-refractivity contribution in [1.29, 1.82) is 0 Å². The van der Waals surface area contributed by atoms with E-state index in [1.165, 1.54) is 12.0 Å². The van der Waals surface area contributed by atoms with E-state index in [1.807, 2.05) is 29.1 Å². The molecule has 1 heterocycles. The Kier molecular flexibility index (Phi) is 4.83. The molecule has 23 heavy (non-hydrogen) atoms. The number of hydrogen-bond acceptors (Lipinski definition) is 4. The van der Waals surface area contributed by atoms with Gasteiger partial charge >= 0.3 is 5.97 Å². The molecule has 122 valence electrons. The molecule has 0 radical (unpaired) electrons. The van der Waals surface area contributed by atoms with Crippen LogP contribution in [0.1, 0.15) is 29.8 Å². The van der Waals surface area contributed by atoms with Crippen molar-refractivity contribution in [2.75, 3.05) is 14.2 Å². The summed E-state index contributed by atoms with van der Waals surface area (Å²) in [6.07, 6.45) is 3.60. The third-order valence-corrected chi connectivity index (χ3v) is 3.93. The zero-order chi connectivity index (χ0) is 17.0. The van der Waals surface area contributed by atoms with Gasteiger partial charge in [-0.15, -0.1) is 0 Å². The zero-order valence-electron chi connectivity index (χ0n) is 13.8. The fourth-order valence-corrected chi connectivity index (χ4v) is 2.17. The van der Waals surface area contributed by atoms with Gasteiger partial charge in [0.15, 0.2) is 0 Å². The van der Waals surface area contributed by atoms with E-state index in [4.69, 9.17) is 4.74 Å². The molecule has 0 saturated heterocycles. The van der Waals surface area contributed by atoms with E-state index in [1.54, 1.807) is 39.2 Å². The molecule has 0 aliphatic rings. The number of methoxy groups -OCH3 is 1. The molecule has 1 amide bonds. The van der Waals surface area contributed by atoms with Crippen LogP contribution in [0.5, 0.6) is 0 Å². The highest BCUT2D eigenvalue weighted by Gasteiger charge is 2.36. The minimum atomic E-state index is -1.03. The lowest BCUT2D eigenvalue weighted by molar-refractivity contribution is -0.150.